The number of rotatable bonds is 3. The van der Waals surface area contributed by atoms with Crippen LogP contribution in [0.15, 0.2) is 0 Å². The Morgan fingerprint density at radius 3 is 3.00 bits per heavy atom. The zero-order valence-corrected chi connectivity index (χ0v) is 7.94. The summed E-state index contributed by atoms with van der Waals surface area (Å²) in [6, 6.07) is 2.11. The summed E-state index contributed by atoms with van der Waals surface area (Å²) >= 11 is 1.55. The Morgan fingerprint density at radius 1 is 1.67 bits per heavy atom. The molecule has 0 bridgehead atoms. The number of thiazole rings is 1. The van der Waals surface area contributed by atoms with E-state index in [-0.39, 0.29) is 0 Å². The van der Waals surface area contributed by atoms with E-state index in [0.29, 0.717) is 13.0 Å². The van der Waals surface area contributed by atoms with Crippen LogP contribution < -0.4 is 0 Å². The first-order chi connectivity index (χ1) is 5.77. The third kappa shape index (κ3) is 2.03. The van der Waals surface area contributed by atoms with Gasteiger partial charge in [-0.05, 0) is 6.92 Å². The van der Waals surface area contributed by atoms with Gasteiger partial charge in [-0.3, -0.25) is 0 Å². The molecule has 0 saturated carbocycles. The van der Waals surface area contributed by atoms with E-state index in [4.69, 9.17) is 10.00 Å². The first-order valence-corrected chi connectivity index (χ1v) is 4.40. The fourth-order valence-electron chi connectivity index (χ4n) is 0.909. The first kappa shape index (κ1) is 9.17. The zero-order valence-electron chi connectivity index (χ0n) is 7.13. The van der Waals surface area contributed by atoms with E-state index in [9.17, 15) is 0 Å². The average molecular weight is 182 g/mol. The molecule has 1 heterocycles. The fourth-order valence-corrected chi connectivity index (χ4v) is 1.88. The van der Waals surface area contributed by atoms with Crippen molar-refractivity contribution >= 4 is 11.3 Å². The minimum Gasteiger partial charge on any atom is -0.378 e. The molecule has 0 atom stereocenters. The van der Waals surface area contributed by atoms with E-state index in [2.05, 4.69) is 11.1 Å². The zero-order chi connectivity index (χ0) is 8.97. The molecule has 0 aromatic carbocycles. The highest BCUT2D eigenvalue weighted by Gasteiger charge is 2.05. The van der Waals surface area contributed by atoms with Crippen molar-refractivity contribution in [1.82, 2.24) is 4.98 Å². The van der Waals surface area contributed by atoms with Crippen LogP contribution in [0.1, 0.15) is 15.6 Å². The van der Waals surface area contributed by atoms with Crippen LogP contribution in [-0.4, -0.2) is 12.1 Å². The largest absolute Gasteiger partial charge is 0.378 e. The Hall–Kier alpha value is -0.920. The number of hydrogen-bond donors (Lipinski definition) is 0. The second-order valence-corrected chi connectivity index (χ2v) is 3.55. The highest BCUT2D eigenvalue weighted by Crippen LogP contribution is 2.18. The fraction of sp³-hybridized carbons (Fsp3) is 0.500. The van der Waals surface area contributed by atoms with E-state index in [1.807, 2.05) is 6.92 Å². The van der Waals surface area contributed by atoms with E-state index in [0.717, 1.165) is 15.6 Å². The Balaban J connectivity index is 2.79. The topological polar surface area (TPSA) is 45.9 Å². The van der Waals surface area contributed by atoms with Crippen molar-refractivity contribution in [3.05, 3.63) is 15.6 Å². The Kier molecular flexibility index (Phi) is 3.20. The predicted molar refractivity (Wildman–Crippen MR) is 46.9 cm³/mol. The van der Waals surface area contributed by atoms with Crippen LogP contribution in [0.3, 0.4) is 0 Å². The number of nitrogens with zero attached hydrogens (tertiary/aromatic N) is 2. The molecular formula is C8H10N2OS. The van der Waals surface area contributed by atoms with Crippen LogP contribution in [-0.2, 0) is 17.8 Å². The summed E-state index contributed by atoms with van der Waals surface area (Å²) in [6.45, 7) is 2.46. The number of aromatic nitrogens is 1. The van der Waals surface area contributed by atoms with Gasteiger partial charge in [0.2, 0.25) is 0 Å². The lowest BCUT2D eigenvalue weighted by Gasteiger charge is -1.88. The number of aryl methyl sites for hydroxylation is 1. The maximum Gasteiger partial charge on any atom is 0.119 e. The van der Waals surface area contributed by atoms with Gasteiger partial charge in [-0.1, -0.05) is 0 Å². The van der Waals surface area contributed by atoms with Gasteiger partial charge in [0.05, 0.1) is 24.8 Å². The van der Waals surface area contributed by atoms with Gasteiger partial charge in [0.15, 0.2) is 0 Å². The van der Waals surface area contributed by atoms with Crippen LogP contribution >= 0.6 is 11.3 Å². The minimum atomic E-state index is 0.452. The van der Waals surface area contributed by atoms with Crippen LogP contribution in [0.5, 0.6) is 0 Å². The molecular weight excluding hydrogens is 172 g/mol. The molecule has 1 aromatic heterocycles. The smallest absolute Gasteiger partial charge is 0.119 e. The quantitative estimate of drug-likeness (QED) is 0.714. The molecule has 0 aliphatic carbocycles. The molecule has 0 radical (unpaired) electrons. The minimum absolute atomic E-state index is 0.452. The molecule has 0 spiro atoms. The van der Waals surface area contributed by atoms with Crippen LogP contribution in [0.25, 0.3) is 0 Å². The van der Waals surface area contributed by atoms with Gasteiger partial charge < -0.3 is 4.74 Å². The van der Waals surface area contributed by atoms with Gasteiger partial charge in [0, 0.05) is 12.0 Å². The van der Waals surface area contributed by atoms with Crippen LogP contribution in [0.2, 0.25) is 0 Å². The van der Waals surface area contributed by atoms with Crippen molar-refractivity contribution in [1.29, 1.82) is 5.26 Å². The van der Waals surface area contributed by atoms with Crippen LogP contribution in [0, 0.1) is 18.3 Å². The summed E-state index contributed by atoms with van der Waals surface area (Å²) < 4.78 is 4.94. The monoisotopic (exact) mass is 182 g/mol. The Morgan fingerprint density at radius 2 is 2.42 bits per heavy atom. The van der Waals surface area contributed by atoms with Gasteiger partial charge in [-0.2, -0.15) is 5.26 Å². The van der Waals surface area contributed by atoms with Crippen molar-refractivity contribution in [2.45, 2.75) is 20.0 Å². The number of nitriles is 1. The van der Waals surface area contributed by atoms with E-state index in [1.54, 1.807) is 18.4 Å². The Labute approximate surface area is 75.6 Å². The van der Waals surface area contributed by atoms with E-state index in [1.165, 1.54) is 0 Å². The van der Waals surface area contributed by atoms with Gasteiger partial charge in [0.25, 0.3) is 0 Å². The molecule has 3 nitrogen and oxygen atoms in total. The number of hydrogen-bond acceptors (Lipinski definition) is 4. The molecule has 12 heavy (non-hydrogen) atoms. The molecule has 1 rings (SSSR count). The summed E-state index contributed by atoms with van der Waals surface area (Å²) in [4.78, 5) is 5.31. The van der Waals surface area contributed by atoms with Crippen molar-refractivity contribution in [3.8, 4) is 6.07 Å². The van der Waals surface area contributed by atoms with Crippen molar-refractivity contribution in [3.63, 3.8) is 0 Å². The van der Waals surface area contributed by atoms with Crippen molar-refractivity contribution in [2.24, 2.45) is 0 Å². The molecule has 1 aromatic rings. The summed E-state index contributed by atoms with van der Waals surface area (Å²) in [6.07, 6.45) is 0.452. The maximum atomic E-state index is 8.48. The highest BCUT2D eigenvalue weighted by molar-refractivity contribution is 7.11. The molecule has 0 fully saturated rings. The van der Waals surface area contributed by atoms with E-state index < -0.39 is 0 Å². The van der Waals surface area contributed by atoms with Gasteiger partial charge >= 0.3 is 0 Å². The summed E-state index contributed by atoms with van der Waals surface area (Å²) in [5.74, 6) is 0. The second-order valence-electron chi connectivity index (χ2n) is 2.38. The lowest BCUT2D eigenvalue weighted by atomic mass is 10.3. The molecule has 0 N–H and O–H groups in total. The molecule has 0 amide bonds. The number of ether oxygens (including phenoxy) is 1. The third-order valence-corrected chi connectivity index (χ3v) is 2.58. The van der Waals surface area contributed by atoms with Gasteiger partial charge in [0.1, 0.15) is 5.01 Å². The van der Waals surface area contributed by atoms with E-state index >= 15 is 0 Å². The van der Waals surface area contributed by atoms with Crippen LogP contribution in [0.4, 0.5) is 0 Å². The number of methoxy groups -OCH3 is 1. The lowest BCUT2D eigenvalue weighted by molar-refractivity contribution is 0.184. The first-order valence-electron chi connectivity index (χ1n) is 3.59. The molecule has 64 valence electrons. The Bertz CT molecular complexity index is 300. The maximum absolute atomic E-state index is 8.48. The average Bonchev–Trinajstić information content (AvgIpc) is 2.34. The van der Waals surface area contributed by atoms with Gasteiger partial charge in [-0.25, -0.2) is 4.98 Å². The summed E-state index contributed by atoms with van der Waals surface area (Å²) in [5, 5.41) is 9.43. The molecule has 0 saturated heterocycles. The summed E-state index contributed by atoms with van der Waals surface area (Å²) in [7, 11) is 1.64. The molecule has 0 unspecified atom stereocenters. The lowest BCUT2D eigenvalue weighted by Crippen LogP contribution is -1.85. The molecule has 0 aliphatic rings. The highest BCUT2D eigenvalue weighted by atomic mass is 32.1. The standard InChI is InChI=1S/C8H10N2OS/c1-6-7(3-4-9)12-8(10-6)5-11-2/h3,5H2,1-2H3. The molecule has 0 aliphatic heterocycles. The molecule has 4 heteroatoms. The third-order valence-electron chi connectivity index (χ3n) is 1.44. The van der Waals surface area contributed by atoms with Crippen molar-refractivity contribution < 1.29 is 4.74 Å². The summed E-state index contributed by atoms with van der Waals surface area (Å²) in [5.41, 5.74) is 0.952. The predicted octanol–water partition coefficient (Wildman–Crippen LogP) is 1.66. The SMILES string of the molecule is COCc1nc(C)c(CC#N)s1. The van der Waals surface area contributed by atoms with Gasteiger partial charge in [-0.15, -0.1) is 11.3 Å². The second kappa shape index (κ2) is 4.19. The van der Waals surface area contributed by atoms with Crippen molar-refractivity contribution in [2.75, 3.05) is 7.11 Å². The normalized spacial score (nSPS) is 9.75.